The average molecular weight is 283 g/mol. The van der Waals surface area contributed by atoms with Crippen LogP contribution >= 0.6 is 22.9 Å². The second kappa shape index (κ2) is 5.10. The second-order valence-corrected chi connectivity index (χ2v) is 5.29. The molecule has 0 aliphatic rings. The van der Waals surface area contributed by atoms with Gasteiger partial charge >= 0.3 is 5.97 Å². The Bertz CT molecular complexity index is 592. The molecule has 2 rings (SSSR count). The Kier molecular flexibility index (Phi) is 3.71. The van der Waals surface area contributed by atoms with Gasteiger partial charge in [-0.05, 0) is 41.6 Å². The minimum atomic E-state index is -1.03. The van der Waals surface area contributed by atoms with Crippen LogP contribution in [0.25, 0.3) is 0 Å². The standard InChI is InChI=1S/C13H11ClO3S/c1-7-6-8(14)2-3-9(7)11(15)12-10(13(16)17)4-5-18-12/h2-6,11,15H,1H3,(H,16,17). The van der Waals surface area contributed by atoms with Crippen LogP contribution in [0.2, 0.25) is 5.02 Å². The predicted molar refractivity (Wildman–Crippen MR) is 71.5 cm³/mol. The van der Waals surface area contributed by atoms with Gasteiger partial charge in [0.25, 0.3) is 0 Å². The van der Waals surface area contributed by atoms with E-state index in [4.69, 9.17) is 16.7 Å². The summed E-state index contributed by atoms with van der Waals surface area (Å²) in [4.78, 5) is 11.5. The van der Waals surface area contributed by atoms with Crippen LogP contribution in [-0.2, 0) is 0 Å². The average Bonchev–Trinajstić information content (AvgIpc) is 2.77. The van der Waals surface area contributed by atoms with E-state index in [0.717, 1.165) is 5.56 Å². The van der Waals surface area contributed by atoms with Gasteiger partial charge in [0.2, 0.25) is 0 Å². The number of carbonyl (C=O) groups is 1. The fourth-order valence-corrected chi connectivity index (χ4v) is 2.91. The predicted octanol–water partition coefficient (Wildman–Crippen LogP) is 3.49. The van der Waals surface area contributed by atoms with E-state index in [1.165, 1.54) is 17.4 Å². The van der Waals surface area contributed by atoms with E-state index in [1.807, 2.05) is 6.92 Å². The van der Waals surface area contributed by atoms with Gasteiger partial charge in [0.15, 0.2) is 0 Å². The Morgan fingerprint density at radius 2 is 2.11 bits per heavy atom. The molecule has 18 heavy (non-hydrogen) atoms. The summed E-state index contributed by atoms with van der Waals surface area (Å²) in [5.41, 5.74) is 1.64. The molecule has 0 radical (unpaired) electrons. The summed E-state index contributed by atoms with van der Waals surface area (Å²) in [6, 6.07) is 6.64. The number of hydrogen-bond donors (Lipinski definition) is 2. The lowest BCUT2D eigenvalue weighted by Crippen LogP contribution is -2.06. The SMILES string of the molecule is Cc1cc(Cl)ccc1C(O)c1sccc1C(=O)O. The molecule has 5 heteroatoms. The molecular formula is C13H11ClO3S. The van der Waals surface area contributed by atoms with Gasteiger partial charge in [-0.15, -0.1) is 11.3 Å². The van der Waals surface area contributed by atoms with Crippen LogP contribution in [0.4, 0.5) is 0 Å². The molecule has 2 N–H and O–H groups in total. The minimum Gasteiger partial charge on any atom is -0.478 e. The van der Waals surface area contributed by atoms with Gasteiger partial charge in [0.05, 0.1) is 10.4 Å². The molecule has 0 aliphatic carbocycles. The highest BCUT2D eigenvalue weighted by atomic mass is 35.5. The first-order valence-corrected chi connectivity index (χ1v) is 6.51. The van der Waals surface area contributed by atoms with Crippen molar-refractivity contribution in [1.82, 2.24) is 0 Å². The topological polar surface area (TPSA) is 57.5 Å². The highest BCUT2D eigenvalue weighted by Gasteiger charge is 2.21. The molecule has 3 nitrogen and oxygen atoms in total. The first-order chi connectivity index (χ1) is 8.50. The second-order valence-electron chi connectivity index (χ2n) is 3.91. The van der Waals surface area contributed by atoms with Crippen molar-refractivity contribution >= 4 is 28.9 Å². The summed E-state index contributed by atoms with van der Waals surface area (Å²) in [7, 11) is 0. The maximum absolute atomic E-state index is 11.0. The van der Waals surface area contributed by atoms with E-state index in [1.54, 1.807) is 23.6 Å². The monoisotopic (exact) mass is 282 g/mol. The number of aryl methyl sites for hydroxylation is 1. The maximum atomic E-state index is 11.0. The molecule has 0 aliphatic heterocycles. The molecule has 0 fully saturated rings. The zero-order valence-corrected chi connectivity index (χ0v) is 11.1. The molecular weight excluding hydrogens is 272 g/mol. The Balaban J connectivity index is 2.44. The van der Waals surface area contributed by atoms with Crippen molar-refractivity contribution in [3.63, 3.8) is 0 Å². The van der Waals surface area contributed by atoms with E-state index in [2.05, 4.69) is 0 Å². The van der Waals surface area contributed by atoms with Crippen molar-refractivity contribution < 1.29 is 15.0 Å². The normalized spacial score (nSPS) is 12.4. The number of carboxylic acids is 1. The lowest BCUT2D eigenvalue weighted by Gasteiger charge is -2.13. The minimum absolute atomic E-state index is 0.141. The van der Waals surface area contributed by atoms with E-state index in [9.17, 15) is 9.90 Å². The Hall–Kier alpha value is -1.36. The highest BCUT2D eigenvalue weighted by Crippen LogP contribution is 2.32. The molecule has 1 atom stereocenters. The van der Waals surface area contributed by atoms with Gasteiger partial charge < -0.3 is 10.2 Å². The Morgan fingerprint density at radius 1 is 1.39 bits per heavy atom. The zero-order valence-electron chi connectivity index (χ0n) is 9.55. The number of thiophene rings is 1. The smallest absolute Gasteiger partial charge is 0.336 e. The van der Waals surface area contributed by atoms with Gasteiger partial charge in [-0.25, -0.2) is 4.79 Å². The van der Waals surface area contributed by atoms with Crippen molar-refractivity contribution in [3.05, 3.63) is 56.2 Å². The number of aromatic carboxylic acids is 1. The van der Waals surface area contributed by atoms with Gasteiger partial charge in [-0.1, -0.05) is 17.7 Å². The molecule has 94 valence electrons. The molecule has 0 amide bonds. The number of carboxylic acid groups (broad SMARTS) is 1. The van der Waals surface area contributed by atoms with Crippen LogP contribution in [-0.4, -0.2) is 16.2 Å². The van der Waals surface area contributed by atoms with Crippen molar-refractivity contribution in [1.29, 1.82) is 0 Å². The fourth-order valence-electron chi connectivity index (χ4n) is 1.80. The summed E-state index contributed by atoms with van der Waals surface area (Å²) in [6.45, 7) is 1.83. The van der Waals surface area contributed by atoms with Gasteiger partial charge in [-0.2, -0.15) is 0 Å². The molecule has 2 aromatic rings. The largest absolute Gasteiger partial charge is 0.478 e. The number of aliphatic hydroxyl groups excluding tert-OH is 1. The third-order valence-corrected chi connectivity index (χ3v) is 3.90. The van der Waals surface area contributed by atoms with E-state index >= 15 is 0 Å². The lowest BCUT2D eigenvalue weighted by molar-refractivity contribution is 0.0692. The van der Waals surface area contributed by atoms with E-state index in [0.29, 0.717) is 15.5 Å². The third kappa shape index (κ3) is 2.41. The Labute approximate surface area is 113 Å². The fraction of sp³-hybridized carbons (Fsp3) is 0.154. The molecule has 1 aromatic heterocycles. The molecule has 1 aromatic carbocycles. The first-order valence-electron chi connectivity index (χ1n) is 5.25. The molecule has 0 saturated carbocycles. The maximum Gasteiger partial charge on any atom is 0.336 e. The number of rotatable bonds is 3. The van der Waals surface area contributed by atoms with E-state index in [-0.39, 0.29) is 5.56 Å². The van der Waals surface area contributed by atoms with Crippen LogP contribution in [0.3, 0.4) is 0 Å². The molecule has 1 unspecified atom stereocenters. The highest BCUT2D eigenvalue weighted by molar-refractivity contribution is 7.10. The third-order valence-electron chi connectivity index (χ3n) is 2.70. The van der Waals surface area contributed by atoms with Crippen LogP contribution in [0, 0.1) is 6.92 Å². The van der Waals surface area contributed by atoms with Crippen LogP contribution in [0.5, 0.6) is 0 Å². The quantitative estimate of drug-likeness (QED) is 0.906. The van der Waals surface area contributed by atoms with Crippen molar-refractivity contribution in [2.45, 2.75) is 13.0 Å². The summed E-state index contributed by atoms with van der Waals surface area (Å²) < 4.78 is 0. The molecule has 1 heterocycles. The van der Waals surface area contributed by atoms with E-state index < -0.39 is 12.1 Å². The van der Waals surface area contributed by atoms with Crippen LogP contribution in [0.1, 0.15) is 32.5 Å². The van der Waals surface area contributed by atoms with Crippen LogP contribution in [0.15, 0.2) is 29.6 Å². The van der Waals surface area contributed by atoms with Gasteiger partial charge in [0, 0.05) is 5.02 Å². The van der Waals surface area contributed by atoms with Crippen LogP contribution < -0.4 is 0 Å². The summed E-state index contributed by atoms with van der Waals surface area (Å²) in [5, 5.41) is 21.6. The Morgan fingerprint density at radius 3 is 2.72 bits per heavy atom. The molecule has 0 bridgehead atoms. The zero-order chi connectivity index (χ0) is 13.3. The van der Waals surface area contributed by atoms with Crippen molar-refractivity contribution in [2.75, 3.05) is 0 Å². The summed E-state index contributed by atoms with van der Waals surface area (Å²) in [6.07, 6.45) is -0.937. The molecule has 0 saturated heterocycles. The number of halogens is 1. The number of hydrogen-bond acceptors (Lipinski definition) is 3. The number of aliphatic hydroxyl groups is 1. The van der Waals surface area contributed by atoms with Gasteiger partial charge in [-0.3, -0.25) is 0 Å². The summed E-state index contributed by atoms with van der Waals surface area (Å²) in [5.74, 6) is -1.03. The van der Waals surface area contributed by atoms with Crippen molar-refractivity contribution in [2.24, 2.45) is 0 Å². The lowest BCUT2D eigenvalue weighted by atomic mass is 10.0. The van der Waals surface area contributed by atoms with Gasteiger partial charge in [0.1, 0.15) is 6.10 Å². The van der Waals surface area contributed by atoms with Crippen molar-refractivity contribution in [3.8, 4) is 0 Å². The number of benzene rings is 1. The first kappa shape index (κ1) is 13.1. The molecule has 0 spiro atoms. The summed E-state index contributed by atoms with van der Waals surface area (Å²) >= 11 is 7.09.